The number of alkyl carbamates (subject to hydrolysis) is 1. The van der Waals surface area contributed by atoms with Crippen LogP contribution in [-0.2, 0) is 11.2 Å². The molecule has 1 saturated carbocycles. The number of carbonyl (C=O) groups is 1. The fourth-order valence-corrected chi connectivity index (χ4v) is 1.97. The maximum absolute atomic E-state index is 11.9. The molecule has 1 N–H and O–H groups in total. The number of hydrogen-bond donors (Lipinski definition) is 1. The number of amides is 1. The minimum Gasteiger partial charge on any atom is -0.444 e. The van der Waals surface area contributed by atoms with Gasteiger partial charge >= 0.3 is 6.09 Å². The summed E-state index contributed by atoms with van der Waals surface area (Å²) in [6.45, 7) is 7.58. The van der Waals surface area contributed by atoms with Crippen molar-refractivity contribution in [2.45, 2.75) is 65.0 Å². The topological polar surface area (TPSA) is 77.2 Å². The van der Waals surface area contributed by atoms with E-state index >= 15 is 0 Å². The molecule has 0 aliphatic heterocycles. The predicted octanol–water partition coefficient (Wildman–Crippen LogP) is 3.00. The number of aromatic nitrogens is 2. The number of aryl methyl sites for hydroxylation is 1. The molecule has 1 aromatic heterocycles. The first kappa shape index (κ1) is 14.8. The first-order valence-electron chi connectivity index (χ1n) is 7.21. The summed E-state index contributed by atoms with van der Waals surface area (Å²) in [6.07, 6.45) is 3.42. The molecule has 0 radical (unpaired) electrons. The highest BCUT2D eigenvalue weighted by molar-refractivity contribution is 5.68. The Labute approximate surface area is 119 Å². The van der Waals surface area contributed by atoms with Crippen molar-refractivity contribution in [1.82, 2.24) is 15.5 Å². The van der Waals surface area contributed by atoms with Crippen LogP contribution >= 0.6 is 0 Å². The third-order valence-electron chi connectivity index (χ3n) is 2.99. The Kier molecular flexibility index (Phi) is 4.30. The fourth-order valence-electron chi connectivity index (χ4n) is 1.97. The average molecular weight is 281 g/mol. The number of hydrogen-bond acceptors (Lipinski definition) is 5. The quantitative estimate of drug-likeness (QED) is 0.897. The second-order valence-electron chi connectivity index (χ2n) is 6.26. The summed E-state index contributed by atoms with van der Waals surface area (Å²) < 4.78 is 10.5. The van der Waals surface area contributed by atoms with Crippen molar-refractivity contribution in [1.29, 1.82) is 0 Å². The number of ether oxygens (including phenoxy) is 1. The first-order valence-corrected chi connectivity index (χ1v) is 7.21. The number of rotatable bonds is 5. The highest BCUT2D eigenvalue weighted by Gasteiger charge is 2.37. The molecule has 112 valence electrons. The van der Waals surface area contributed by atoms with E-state index in [0.717, 1.165) is 25.7 Å². The van der Waals surface area contributed by atoms with Crippen LogP contribution in [0, 0.1) is 5.92 Å². The molecule has 1 amide bonds. The SMILES string of the molecule is CCCc1nc(C(NC(=O)OC(C)(C)C)C2CC2)no1. The largest absolute Gasteiger partial charge is 0.444 e. The van der Waals surface area contributed by atoms with Crippen molar-refractivity contribution in [3.63, 3.8) is 0 Å². The number of nitrogens with one attached hydrogen (secondary N) is 1. The maximum atomic E-state index is 11.9. The summed E-state index contributed by atoms with van der Waals surface area (Å²) in [4.78, 5) is 16.3. The molecule has 1 fully saturated rings. The van der Waals surface area contributed by atoms with Gasteiger partial charge in [-0.15, -0.1) is 0 Å². The normalized spacial score (nSPS) is 16.8. The molecule has 0 spiro atoms. The van der Waals surface area contributed by atoms with Gasteiger partial charge in [0, 0.05) is 6.42 Å². The highest BCUT2D eigenvalue weighted by Crippen LogP contribution is 2.40. The van der Waals surface area contributed by atoms with Gasteiger partial charge < -0.3 is 14.6 Å². The lowest BCUT2D eigenvalue weighted by molar-refractivity contribution is 0.0494. The van der Waals surface area contributed by atoms with Crippen LogP contribution in [0.5, 0.6) is 0 Å². The van der Waals surface area contributed by atoms with E-state index in [1.165, 1.54) is 0 Å². The molecule has 1 aromatic rings. The van der Waals surface area contributed by atoms with E-state index in [2.05, 4.69) is 22.4 Å². The highest BCUT2D eigenvalue weighted by atomic mass is 16.6. The summed E-state index contributed by atoms with van der Waals surface area (Å²) in [7, 11) is 0. The Morgan fingerprint density at radius 2 is 2.20 bits per heavy atom. The van der Waals surface area contributed by atoms with Crippen LogP contribution in [0.15, 0.2) is 4.52 Å². The first-order chi connectivity index (χ1) is 9.39. The molecule has 1 aliphatic rings. The van der Waals surface area contributed by atoms with Crippen LogP contribution in [0.4, 0.5) is 4.79 Å². The molecule has 6 nitrogen and oxygen atoms in total. The molecule has 6 heteroatoms. The van der Waals surface area contributed by atoms with Gasteiger partial charge in [-0.3, -0.25) is 0 Å². The third kappa shape index (κ3) is 4.21. The Morgan fingerprint density at radius 3 is 2.75 bits per heavy atom. The Bertz CT molecular complexity index is 460. The van der Waals surface area contributed by atoms with Gasteiger partial charge in [-0.2, -0.15) is 4.98 Å². The Hall–Kier alpha value is -1.59. The van der Waals surface area contributed by atoms with Gasteiger partial charge in [0.05, 0.1) is 6.04 Å². The zero-order chi connectivity index (χ0) is 14.8. The maximum Gasteiger partial charge on any atom is 0.408 e. The number of nitrogens with zero attached hydrogens (tertiary/aromatic N) is 2. The molecule has 1 atom stereocenters. The summed E-state index contributed by atoms with van der Waals surface area (Å²) in [5, 5.41) is 6.85. The molecular formula is C14H23N3O3. The standard InChI is InChI=1S/C14H23N3O3/c1-5-6-10-15-12(17-20-10)11(9-7-8-9)16-13(18)19-14(2,3)4/h9,11H,5-8H2,1-4H3,(H,16,18). The second kappa shape index (κ2) is 5.81. The summed E-state index contributed by atoms with van der Waals surface area (Å²) in [6, 6.07) is -0.209. The number of carbonyl (C=O) groups excluding carboxylic acids is 1. The molecule has 0 bridgehead atoms. The van der Waals surface area contributed by atoms with E-state index in [1.807, 2.05) is 20.8 Å². The van der Waals surface area contributed by atoms with E-state index in [1.54, 1.807) is 0 Å². The molecule has 20 heavy (non-hydrogen) atoms. The van der Waals surface area contributed by atoms with E-state index in [0.29, 0.717) is 17.6 Å². The van der Waals surface area contributed by atoms with Crippen LogP contribution in [0.25, 0.3) is 0 Å². The lowest BCUT2D eigenvalue weighted by Crippen LogP contribution is -2.36. The van der Waals surface area contributed by atoms with Crippen molar-refractivity contribution in [3.8, 4) is 0 Å². The summed E-state index contributed by atoms with van der Waals surface area (Å²) >= 11 is 0. The lowest BCUT2D eigenvalue weighted by atomic mass is 10.1. The van der Waals surface area contributed by atoms with Crippen molar-refractivity contribution in [2.24, 2.45) is 5.92 Å². The van der Waals surface area contributed by atoms with E-state index in [-0.39, 0.29) is 6.04 Å². The Balaban J connectivity index is 2.01. The minimum atomic E-state index is -0.511. The fraction of sp³-hybridized carbons (Fsp3) is 0.786. The van der Waals surface area contributed by atoms with Gasteiger partial charge in [0.25, 0.3) is 0 Å². The molecule has 2 rings (SSSR count). The van der Waals surface area contributed by atoms with Crippen molar-refractivity contribution in [2.75, 3.05) is 0 Å². The molecular weight excluding hydrogens is 258 g/mol. The Morgan fingerprint density at radius 1 is 1.50 bits per heavy atom. The van der Waals surface area contributed by atoms with Crippen LogP contribution in [0.2, 0.25) is 0 Å². The molecule has 1 heterocycles. The minimum absolute atomic E-state index is 0.209. The second-order valence-corrected chi connectivity index (χ2v) is 6.26. The average Bonchev–Trinajstić information content (AvgIpc) is 3.05. The van der Waals surface area contributed by atoms with Gasteiger partial charge in [-0.1, -0.05) is 12.1 Å². The van der Waals surface area contributed by atoms with E-state index in [4.69, 9.17) is 9.26 Å². The molecule has 1 aliphatic carbocycles. The molecule has 0 aromatic carbocycles. The van der Waals surface area contributed by atoms with Crippen LogP contribution in [0.3, 0.4) is 0 Å². The van der Waals surface area contributed by atoms with Gasteiger partial charge in [0.15, 0.2) is 5.82 Å². The molecule has 1 unspecified atom stereocenters. The van der Waals surface area contributed by atoms with Crippen molar-refractivity contribution < 1.29 is 14.1 Å². The third-order valence-corrected chi connectivity index (χ3v) is 2.99. The predicted molar refractivity (Wildman–Crippen MR) is 73.1 cm³/mol. The zero-order valence-electron chi connectivity index (χ0n) is 12.6. The van der Waals surface area contributed by atoms with Gasteiger partial charge in [0.1, 0.15) is 5.60 Å². The molecule has 0 saturated heterocycles. The van der Waals surface area contributed by atoms with Gasteiger partial charge in [-0.25, -0.2) is 4.79 Å². The smallest absolute Gasteiger partial charge is 0.408 e. The van der Waals surface area contributed by atoms with E-state index in [9.17, 15) is 4.79 Å². The van der Waals surface area contributed by atoms with Crippen LogP contribution in [0.1, 0.15) is 64.7 Å². The van der Waals surface area contributed by atoms with E-state index < -0.39 is 11.7 Å². The van der Waals surface area contributed by atoms with Crippen LogP contribution in [-0.4, -0.2) is 21.8 Å². The van der Waals surface area contributed by atoms with Crippen molar-refractivity contribution >= 4 is 6.09 Å². The summed E-state index contributed by atoms with van der Waals surface area (Å²) in [5.74, 6) is 1.57. The van der Waals surface area contributed by atoms with Crippen LogP contribution < -0.4 is 5.32 Å². The zero-order valence-corrected chi connectivity index (χ0v) is 12.6. The van der Waals surface area contributed by atoms with Gasteiger partial charge in [0.2, 0.25) is 5.89 Å². The van der Waals surface area contributed by atoms with Crippen molar-refractivity contribution in [3.05, 3.63) is 11.7 Å². The lowest BCUT2D eigenvalue weighted by Gasteiger charge is -2.22. The summed E-state index contributed by atoms with van der Waals surface area (Å²) in [5.41, 5.74) is -0.511. The monoisotopic (exact) mass is 281 g/mol. The van der Waals surface area contributed by atoms with Gasteiger partial charge in [-0.05, 0) is 46.0 Å².